The van der Waals surface area contributed by atoms with Crippen molar-refractivity contribution < 1.29 is 14.1 Å². The second-order valence-corrected chi connectivity index (χ2v) is 2.97. The van der Waals surface area contributed by atoms with E-state index in [4.69, 9.17) is 9.26 Å². The van der Waals surface area contributed by atoms with E-state index in [2.05, 4.69) is 13.5 Å². The van der Waals surface area contributed by atoms with Gasteiger partial charge in [0, 0.05) is 18.8 Å². The summed E-state index contributed by atoms with van der Waals surface area (Å²) >= 11 is 0. The smallest absolute Gasteiger partial charge is 0.333 e. The Morgan fingerprint density at radius 3 is 2.92 bits per heavy atom. The molecule has 0 rings (SSSR count). The summed E-state index contributed by atoms with van der Waals surface area (Å²) in [6.45, 7) is 6.74. The molecule has 0 aliphatic carbocycles. The van der Waals surface area contributed by atoms with Gasteiger partial charge in [-0.15, -0.1) is 0 Å². The van der Waals surface area contributed by atoms with Gasteiger partial charge in [-0.05, 0) is 6.42 Å². The lowest BCUT2D eigenvalue weighted by molar-refractivity contribution is -0.128. The molecule has 0 bridgehead atoms. The van der Waals surface area contributed by atoms with Crippen molar-refractivity contribution in [2.75, 3.05) is 19.4 Å². The van der Waals surface area contributed by atoms with Crippen molar-refractivity contribution in [3.05, 3.63) is 12.7 Å². The van der Waals surface area contributed by atoms with E-state index in [1.807, 2.05) is 0 Å². The molecule has 0 fully saturated rings. The lowest BCUT2D eigenvalue weighted by Crippen LogP contribution is -1.99. The molecule has 0 amide bonds. The average molecular weight is 189 g/mol. The second kappa shape index (κ2) is 8.69. The van der Waals surface area contributed by atoms with Gasteiger partial charge in [-0.1, -0.05) is 13.5 Å². The summed E-state index contributed by atoms with van der Waals surface area (Å²) in [5, 5.41) is 0. The van der Waals surface area contributed by atoms with Crippen molar-refractivity contribution in [1.29, 1.82) is 0 Å². The first kappa shape index (κ1) is 11.6. The van der Waals surface area contributed by atoms with Crippen molar-refractivity contribution in [1.82, 2.24) is 0 Å². The Kier molecular flexibility index (Phi) is 8.40. The minimum atomic E-state index is -0.382. The normalized spacial score (nSPS) is 10.4. The zero-order valence-corrected chi connectivity index (χ0v) is 8.18. The minimum absolute atomic E-state index is 0.382. The monoisotopic (exact) mass is 189 g/mol. The molecule has 69 valence electrons. The minimum Gasteiger partial charge on any atom is -0.434 e. The number of carbonyl (C=O) groups is 1. The Morgan fingerprint density at radius 1 is 1.58 bits per heavy atom. The Bertz CT molecular complexity index is 136. The predicted octanol–water partition coefficient (Wildman–Crippen LogP) is 2.00. The number of carbonyl (C=O) groups excluding carboxylic acids is 1. The van der Waals surface area contributed by atoms with Crippen LogP contribution in [0.3, 0.4) is 0 Å². The van der Waals surface area contributed by atoms with Crippen LogP contribution < -0.4 is 0 Å². The van der Waals surface area contributed by atoms with Crippen LogP contribution in [0.15, 0.2) is 12.7 Å². The average Bonchev–Trinajstić information content (AvgIpc) is 2.10. The maximum absolute atomic E-state index is 10.5. The van der Waals surface area contributed by atoms with Crippen LogP contribution in [0.25, 0.3) is 0 Å². The molecule has 0 aliphatic rings. The van der Waals surface area contributed by atoms with Crippen molar-refractivity contribution in [3.8, 4) is 0 Å². The van der Waals surface area contributed by atoms with Crippen molar-refractivity contribution in [3.63, 3.8) is 0 Å². The molecule has 4 heteroatoms. The SMILES string of the molecule is C=CC(=O)O[P]CCOCCC. The summed E-state index contributed by atoms with van der Waals surface area (Å²) in [7, 11) is 0.638. The maximum Gasteiger partial charge on any atom is 0.333 e. The van der Waals surface area contributed by atoms with Crippen LogP contribution in [-0.2, 0) is 14.1 Å². The second-order valence-electron chi connectivity index (χ2n) is 2.08. The van der Waals surface area contributed by atoms with Crippen LogP contribution in [-0.4, -0.2) is 25.3 Å². The van der Waals surface area contributed by atoms with Gasteiger partial charge in [0.2, 0.25) is 0 Å². The summed E-state index contributed by atoms with van der Waals surface area (Å²) in [5.41, 5.74) is 0. The molecule has 12 heavy (non-hydrogen) atoms. The summed E-state index contributed by atoms with van der Waals surface area (Å²) < 4.78 is 9.88. The molecule has 0 aliphatic heterocycles. The number of ether oxygens (including phenoxy) is 1. The summed E-state index contributed by atoms with van der Waals surface area (Å²) in [6.07, 6.45) is 2.89. The topological polar surface area (TPSA) is 35.5 Å². The number of hydrogen-bond donors (Lipinski definition) is 0. The Labute approximate surface area is 75.0 Å². The van der Waals surface area contributed by atoms with E-state index in [-0.39, 0.29) is 5.97 Å². The van der Waals surface area contributed by atoms with Gasteiger partial charge in [-0.25, -0.2) is 4.79 Å². The highest BCUT2D eigenvalue weighted by Crippen LogP contribution is 2.11. The third-order valence-corrected chi connectivity index (χ3v) is 1.67. The van der Waals surface area contributed by atoms with Gasteiger partial charge in [-0.3, -0.25) is 0 Å². The molecule has 0 spiro atoms. The maximum atomic E-state index is 10.5. The third-order valence-electron chi connectivity index (χ3n) is 0.997. The highest BCUT2D eigenvalue weighted by atomic mass is 31.1. The third kappa shape index (κ3) is 7.70. The Morgan fingerprint density at radius 2 is 2.33 bits per heavy atom. The van der Waals surface area contributed by atoms with Gasteiger partial charge in [0.25, 0.3) is 0 Å². The summed E-state index contributed by atoms with van der Waals surface area (Å²) in [4.78, 5) is 10.5. The number of rotatable bonds is 7. The molecule has 0 saturated heterocycles. The van der Waals surface area contributed by atoms with Gasteiger partial charge in [0.05, 0.1) is 6.61 Å². The van der Waals surface area contributed by atoms with Crippen LogP contribution in [0.1, 0.15) is 13.3 Å². The van der Waals surface area contributed by atoms with Crippen molar-refractivity contribution in [2.45, 2.75) is 13.3 Å². The van der Waals surface area contributed by atoms with E-state index in [0.717, 1.165) is 25.3 Å². The first-order valence-electron chi connectivity index (χ1n) is 3.89. The molecule has 0 N–H and O–H groups in total. The van der Waals surface area contributed by atoms with Gasteiger partial charge in [-0.2, -0.15) is 0 Å². The molecule has 0 atom stereocenters. The van der Waals surface area contributed by atoms with Gasteiger partial charge in [0.15, 0.2) is 8.81 Å². The van der Waals surface area contributed by atoms with E-state index >= 15 is 0 Å². The molecule has 3 nitrogen and oxygen atoms in total. The van der Waals surface area contributed by atoms with Crippen LogP contribution >= 0.6 is 8.81 Å². The van der Waals surface area contributed by atoms with Gasteiger partial charge in [0.1, 0.15) is 0 Å². The first-order chi connectivity index (χ1) is 5.81. The number of hydrogen-bond acceptors (Lipinski definition) is 3. The standard InChI is InChI=1S/C8H14O3P/c1-3-5-10-6-7-12-11-8(9)4-2/h4H,2-3,5-7H2,1H3. The molecule has 0 unspecified atom stereocenters. The molecular weight excluding hydrogens is 175 g/mol. The van der Waals surface area contributed by atoms with E-state index in [0.29, 0.717) is 15.4 Å². The quantitative estimate of drug-likeness (QED) is 0.349. The summed E-state index contributed by atoms with van der Waals surface area (Å²) in [6, 6.07) is 0. The van der Waals surface area contributed by atoms with Crippen LogP contribution in [0.2, 0.25) is 0 Å². The lowest BCUT2D eigenvalue weighted by Gasteiger charge is -2.00. The Hall–Kier alpha value is -0.400. The fourth-order valence-corrected chi connectivity index (χ4v) is 0.991. The molecule has 0 saturated carbocycles. The van der Waals surface area contributed by atoms with Crippen molar-refractivity contribution >= 4 is 14.8 Å². The molecule has 1 radical (unpaired) electrons. The lowest BCUT2D eigenvalue weighted by atomic mass is 10.5. The molecule has 0 aromatic heterocycles. The van der Waals surface area contributed by atoms with E-state index < -0.39 is 0 Å². The van der Waals surface area contributed by atoms with Crippen LogP contribution in [0.5, 0.6) is 0 Å². The fraction of sp³-hybridized carbons (Fsp3) is 0.625. The van der Waals surface area contributed by atoms with Crippen LogP contribution in [0.4, 0.5) is 0 Å². The molecular formula is C8H14O3P. The zero-order chi connectivity index (χ0) is 9.23. The van der Waals surface area contributed by atoms with E-state index in [1.54, 1.807) is 0 Å². The van der Waals surface area contributed by atoms with Crippen molar-refractivity contribution in [2.24, 2.45) is 0 Å². The predicted molar refractivity (Wildman–Crippen MR) is 49.2 cm³/mol. The van der Waals surface area contributed by atoms with Crippen LogP contribution in [0, 0.1) is 0 Å². The Balaban J connectivity index is 3.00. The highest BCUT2D eigenvalue weighted by Gasteiger charge is 1.96. The fourth-order valence-electron chi connectivity index (χ4n) is 0.495. The summed E-state index contributed by atoms with van der Waals surface area (Å²) in [5.74, 6) is -0.382. The highest BCUT2D eigenvalue weighted by molar-refractivity contribution is 7.33. The van der Waals surface area contributed by atoms with E-state index in [1.165, 1.54) is 0 Å². The molecule has 0 heterocycles. The van der Waals surface area contributed by atoms with Gasteiger partial charge < -0.3 is 9.26 Å². The zero-order valence-electron chi connectivity index (χ0n) is 7.28. The molecule has 0 aromatic carbocycles. The largest absolute Gasteiger partial charge is 0.434 e. The first-order valence-corrected chi connectivity index (χ1v) is 4.89. The van der Waals surface area contributed by atoms with E-state index in [9.17, 15) is 4.79 Å². The van der Waals surface area contributed by atoms with Gasteiger partial charge >= 0.3 is 5.97 Å². The molecule has 0 aromatic rings.